The van der Waals surface area contributed by atoms with Gasteiger partial charge in [0.15, 0.2) is 11.5 Å². The first-order chi connectivity index (χ1) is 13.2. The van der Waals surface area contributed by atoms with Crippen LogP contribution in [0.15, 0.2) is 18.2 Å². The van der Waals surface area contributed by atoms with Crippen molar-refractivity contribution in [1.82, 2.24) is 19.9 Å². The third-order valence-electron chi connectivity index (χ3n) is 4.85. The van der Waals surface area contributed by atoms with Crippen LogP contribution in [0.3, 0.4) is 0 Å². The average Bonchev–Trinajstić information content (AvgIpc) is 3.13. The summed E-state index contributed by atoms with van der Waals surface area (Å²) in [6.45, 7) is 6.30. The molecular weight excluding hydrogens is 346 g/mol. The number of fused-ring (bicyclic) bond motifs is 1. The molecule has 4 rings (SSSR count). The highest BCUT2D eigenvalue weighted by Gasteiger charge is 2.23. The Morgan fingerprint density at radius 2 is 1.96 bits per heavy atom. The molecule has 0 aliphatic carbocycles. The van der Waals surface area contributed by atoms with Gasteiger partial charge in [-0.15, -0.1) is 0 Å². The van der Waals surface area contributed by atoms with E-state index in [1.807, 2.05) is 18.2 Å². The number of benzene rings is 1. The number of nitrogen functional groups attached to an aromatic ring is 1. The van der Waals surface area contributed by atoms with Crippen molar-refractivity contribution in [2.75, 3.05) is 49.2 Å². The van der Waals surface area contributed by atoms with Crippen molar-refractivity contribution in [3.8, 4) is 11.5 Å². The molecule has 1 aromatic carbocycles. The van der Waals surface area contributed by atoms with Crippen molar-refractivity contribution in [2.45, 2.75) is 25.8 Å². The van der Waals surface area contributed by atoms with Crippen LogP contribution < -0.4 is 25.8 Å². The average molecular weight is 371 g/mol. The van der Waals surface area contributed by atoms with Gasteiger partial charge in [0.05, 0.1) is 0 Å². The first kappa shape index (κ1) is 17.6. The predicted molar refractivity (Wildman–Crippen MR) is 104 cm³/mol. The molecule has 1 atom stereocenters. The number of hydrogen-bond acceptors (Lipinski definition) is 9. The van der Waals surface area contributed by atoms with Gasteiger partial charge in [0.1, 0.15) is 13.2 Å². The number of ether oxygens (including phenoxy) is 2. The summed E-state index contributed by atoms with van der Waals surface area (Å²) in [5, 5.41) is 6.45. The molecule has 9 nitrogen and oxygen atoms in total. The molecule has 9 heteroatoms. The van der Waals surface area contributed by atoms with Crippen LogP contribution in [0.1, 0.15) is 19.8 Å². The summed E-state index contributed by atoms with van der Waals surface area (Å²) in [7, 11) is 0. The van der Waals surface area contributed by atoms with E-state index in [4.69, 9.17) is 15.2 Å². The van der Waals surface area contributed by atoms with E-state index < -0.39 is 0 Å². The Labute approximate surface area is 158 Å². The standard InChI is InChI=1S/C18H25N7O2/c1-2-25-7-3-4-13(25)11-20-17-22-16(19)23-18(24-17)21-12-5-6-14-15(10-12)27-9-8-26-14/h5-6,10,13H,2-4,7-9,11H2,1H3,(H4,19,20,21,22,23,24). The minimum absolute atomic E-state index is 0.173. The van der Waals surface area contributed by atoms with Crippen LogP contribution in [-0.4, -0.2) is 58.7 Å². The van der Waals surface area contributed by atoms with E-state index in [9.17, 15) is 0 Å². The number of nitrogens with two attached hydrogens (primary N) is 1. The number of anilines is 4. The third kappa shape index (κ3) is 4.13. The Morgan fingerprint density at radius 1 is 1.15 bits per heavy atom. The minimum atomic E-state index is 0.173. The van der Waals surface area contributed by atoms with E-state index in [2.05, 4.69) is 37.4 Å². The zero-order chi connectivity index (χ0) is 18.6. The molecule has 0 spiro atoms. The van der Waals surface area contributed by atoms with E-state index in [1.165, 1.54) is 12.8 Å². The van der Waals surface area contributed by atoms with Gasteiger partial charge in [-0.2, -0.15) is 15.0 Å². The molecule has 3 heterocycles. The molecule has 0 bridgehead atoms. The molecule has 2 aliphatic rings. The lowest BCUT2D eigenvalue weighted by Gasteiger charge is -2.22. The lowest BCUT2D eigenvalue weighted by molar-refractivity contribution is 0.171. The molecule has 1 fully saturated rings. The zero-order valence-corrected chi connectivity index (χ0v) is 15.4. The van der Waals surface area contributed by atoms with E-state index in [-0.39, 0.29) is 5.95 Å². The molecule has 2 aliphatic heterocycles. The number of nitrogens with zero attached hydrogens (tertiary/aromatic N) is 4. The largest absolute Gasteiger partial charge is 0.486 e. The monoisotopic (exact) mass is 371 g/mol. The number of likely N-dealkylation sites (tertiary alicyclic amines) is 1. The van der Waals surface area contributed by atoms with Gasteiger partial charge < -0.3 is 25.8 Å². The second kappa shape index (κ2) is 7.83. The minimum Gasteiger partial charge on any atom is -0.486 e. The van der Waals surface area contributed by atoms with Gasteiger partial charge >= 0.3 is 0 Å². The maximum Gasteiger partial charge on any atom is 0.233 e. The fourth-order valence-electron chi connectivity index (χ4n) is 3.53. The van der Waals surface area contributed by atoms with Gasteiger partial charge in [0.25, 0.3) is 0 Å². The van der Waals surface area contributed by atoms with Gasteiger partial charge in [0, 0.05) is 24.3 Å². The molecule has 4 N–H and O–H groups in total. The Bertz CT molecular complexity index is 801. The first-order valence-corrected chi connectivity index (χ1v) is 9.37. The molecule has 1 aromatic heterocycles. The van der Waals surface area contributed by atoms with Crippen LogP contribution in [-0.2, 0) is 0 Å². The van der Waals surface area contributed by atoms with Gasteiger partial charge in [-0.25, -0.2) is 0 Å². The van der Waals surface area contributed by atoms with Crippen LogP contribution in [0.25, 0.3) is 0 Å². The number of likely N-dealkylation sites (N-methyl/N-ethyl adjacent to an activating group) is 1. The topological polar surface area (TPSA) is 110 Å². The Balaban J connectivity index is 1.44. The van der Waals surface area contributed by atoms with E-state index in [0.717, 1.165) is 31.1 Å². The van der Waals surface area contributed by atoms with Crippen LogP contribution in [0, 0.1) is 0 Å². The summed E-state index contributed by atoms with van der Waals surface area (Å²) in [6, 6.07) is 6.11. The Hall–Kier alpha value is -2.81. The Morgan fingerprint density at radius 3 is 2.81 bits per heavy atom. The zero-order valence-electron chi connectivity index (χ0n) is 15.4. The SMILES string of the molecule is CCN1CCCC1CNc1nc(N)nc(Nc2ccc3c(c2)OCCO3)n1. The smallest absolute Gasteiger partial charge is 0.233 e. The molecule has 27 heavy (non-hydrogen) atoms. The quantitative estimate of drug-likeness (QED) is 0.700. The van der Waals surface area contributed by atoms with Crippen molar-refractivity contribution in [3.63, 3.8) is 0 Å². The summed E-state index contributed by atoms with van der Waals surface area (Å²) in [6.07, 6.45) is 2.42. The molecule has 1 saturated heterocycles. The number of hydrogen-bond donors (Lipinski definition) is 3. The highest BCUT2D eigenvalue weighted by Crippen LogP contribution is 2.33. The van der Waals surface area contributed by atoms with E-state index in [1.54, 1.807) is 0 Å². The number of nitrogens with one attached hydrogen (secondary N) is 2. The van der Waals surface area contributed by atoms with Gasteiger partial charge in [-0.05, 0) is 38.1 Å². The van der Waals surface area contributed by atoms with Crippen LogP contribution in [0.2, 0.25) is 0 Å². The second-order valence-electron chi connectivity index (χ2n) is 6.63. The third-order valence-corrected chi connectivity index (χ3v) is 4.85. The fraction of sp³-hybridized carbons (Fsp3) is 0.500. The van der Waals surface area contributed by atoms with E-state index >= 15 is 0 Å². The van der Waals surface area contributed by atoms with E-state index in [0.29, 0.717) is 36.9 Å². The van der Waals surface area contributed by atoms with Crippen LogP contribution in [0.4, 0.5) is 23.5 Å². The van der Waals surface area contributed by atoms with Crippen molar-refractivity contribution < 1.29 is 9.47 Å². The molecule has 0 amide bonds. The highest BCUT2D eigenvalue weighted by atomic mass is 16.6. The highest BCUT2D eigenvalue weighted by molar-refractivity contribution is 5.61. The maximum atomic E-state index is 5.86. The van der Waals surface area contributed by atoms with Gasteiger partial charge in [0.2, 0.25) is 17.8 Å². The van der Waals surface area contributed by atoms with Gasteiger partial charge in [-0.3, -0.25) is 4.90 Å². The normalized spacial score (nSPS) is 19.1. The molecule has 0 radical (unpaired) electrons. The fourth-order valence-corrected chi connectivity index (χ4v) is 3.53. The Kier molecular flexibility index (Phi) is 5.10. The summed E-state index contributed by atoms with van der Waals surface area (Å²) in [5.74, 6) is 2.48. The summed E-state index contributed by atoms with van der Waals surface area (Å²) < 4.78 is 11.1. The molecule has 0 saturated carbocycles. The predicted octanol–water partition coefficient (Wildman–Crippen LogP) is 1.86. The van der Waals surface area contributed by atoms with Crippen molar-refractivity contribution >= 4 is 23.5 Å². The maximum absolute atomic E-state index is 5.86. The lowest BCUT2D eigenvalue weighted by atomic mass is 10.2. The van der Waals surface area contributed by atoms with Crippen LogP contribution >= 0.6 is 0 Å². The molecular formula is C18H25N7O2. The van der Waals surface area contributed by atoms with Crippen molar-refractivity contribution in [1.29, 1.82) is 0 Å². The first-order valence-electron chi connectivity index (χ1n) is 9.37. The van der Waals surface area contributed by atoms with Crippen LogP contribution in [0.5, 0.6) is 11.5 Å². The van der Waals surface area contributed by atoms with Gasteiger partial charge in [-0.1, -0.05) is 6.92 Å². The van der Waals surface area contributed by atoms with Crippen molar-refractivity contribution in [3.05, 3.63) is 18.2 Å². The summed E-state index contributed by atoms with van der Waals surface area (Å²) >= 11 is 0. The molecule has 1 unspecified atom stereocenters. The number of rotatable bonds is 6. The summed E-state index contributed by atoms with van der Waals surface area (Å²) in [4.78, 5) is 15.3. The molecule has 144 valence electrons. The lowest BCUT2D eigenvalue weighted by Crippen LogP contribution is -2.35. The summed E-state index contributed by atoms with van der Waals surface area (Å²) in [5.41, 5.74) is 6.66. The van der Waals surface area contributed by atoms with Crippen molar-refractivity contribution in [2.24, 2.45) is 0 Å². The molecule has 2 aromatic rings. The number of aromatic nitrogens is 3. The second-order valence-corrected chi connectivity index (χ2v) is 6.63.